The molecule has 3 nitrogen and oxygen atoms in total. The Morgan fingerprint density at radius 2 is 1.72 bits per heavy atom. The van der Waals surface area contributed by atoms with Crippen LogP contribution in [-0.2, 0) is 0 Å². The van der Waals surface area contributed by atoms with Gasteiger partial charge in [0.05, 0.1) is 20.3 Å². The molecule has 1 fully saturated rings. The van der Waals surface area contributed by atoms with Crippen molar-refractivity contribution in [2.45, 2.75) is 44.1 Å². The lowest BCUT2D eigenvalue weighted by atomic mass is 9.89. The highest BCUT2D eigenvalue weighted by Crippen LogP contribution is 2.36. The molecular weight excluding hydrogens is 228 g/mol. The molecule has 0 heterocycles. The summed E-state index contributed by atoms with van der Waals surface area (Å²) >= 11 is 0. The van der Waals surface area contributed by atoms with Crippen molar-refractivity contribution in [1.29, 1.82) is 0 Å². The van der Waals surface area contributed by atoms with Crippen LogP contribution in [0.2, 0.25) is 0 Å². The molecule has 1 aromatic rings. The van der Waals surface area contributed by atoms with Crippen LogP contribution in [0.5, 0.6) is 11.5 Å². The van der Waals surface area contributed by atoms with Crippen molar-refractivity contribution >= 4 is 0 Å². The lowest BCUT2D eigenvalue weighted by molar-refractivity contribution is 0.135. The van der Waals surface area contributed by atoms with E-state index in [1.54, 1.807) is 14.2 Å². The van der Waals surface area contributed by atoms with Crippen LogP contribution in [0.4, 0.5) is 0 Å². The fourth-order valence-corrected chi connectivity index (χ4v) is 2.76. The van der Waals surface area contributed by atoms with Gasteiger partial charge in [-0.05, 0) is 30.5 Å². The van der Waals surface area contributed by atoms with Crippen molar-refractivity contribution in [1.82, 2.24) is 0 Å². The van der Waals surface area contributed by atoms with Gasteiger partial charge in [0.2, 0.25) is 0 Å². The summed E-state index contributed by atoms with van der Waals surface area (Å²) in [5.74, 6) is 1.71. The van der Waals surface area contributed by atoms with Gasteiger partial charge < -0.3 is 14.6 Å². The largest absolute Gasteiger partial charge is 0.493 e. The number of aliphatic hydroxyl groups is 1. The Balaban J connectivity index is 2.26. The fourth-order valence-electron chi connectivity index (χ4n) is 2.76. The Morgan fingerprint density at radius 3 is 2.44 bits per heavy atom. The third kappa shape index (κ3) is 2.78. The van der Waals surface area contributed by atoms with Gasteiger partial charge in [-0.1, -0.05) is 25.3 Å². The molecule has 0 radical (unpaired) electrons. The molecule has 0 amide bonds. The zero-order chi connectivity index (χ0) is 13.0. The number of hydrogen-bond donors (Lipinski definition) is 1. The van der Waals surface area contributed by atoms with Crippen LogP contribution in [0, 0.1) is 0 Å². The standard InChI is InChI=1S/C15H22O3/c1-17-14-9-8-11(10-15(14)18-2)12-6-4-3-5-7-13(12)16/h8-10,12-13,16H,3-7H2,1-2H3. The molecule has 0 aliphatic heterocycles. The van der Waals surface area contributed by atoms with Crippen molar-refractivity contribution in [3.63, 3.8) is 0 Å². The minimum Gasteiger partial charge on any atom is -0.493 e. The molecule has 3 heteroatoms. The minimum atomic E-state index is -0.231. The number of benzene rings is 1. The van der Waals surface area contributed by atoms with Gasteiger partial charge >= 0.3 is 0 Å². The van der Waals surface area contributed by atoms with E-state index in [0.717, 1.165) is 36.3 Å². The van der Waals surface area contributed by atoms with E-state index in [1.807, 2.05) is 18.2 Å². The second kappa shape index (κ2) is 6.10. The first-order chi connectivity index (χ1) is 8.76. The molecule has 0 saturated heterocycles. The quantitative estimate of drug-likeness (QED) is 0.838. The van der Waals surface area contributed by atoms with Crippen LogP contribution in [-0.4, -0.2) is 25.4 Å². The Morgan fingerprint density at radius 1 is 1.00 bits per heavy atom. The van der Waals surface area contributed by atoms with Gasteiger partial charge in [-0.25, -0.2) is 0 Å². The fraction of sp³-hybridized carbons (Fsp3) is 0.600. The van der Waals surface area contributed by atoms with Crippen molar-refractivity contribution < 1.29 is 14.6 Å². The summed E-state index contributed by atoms with van der Waals surface area (Å²) in [6.07, 6.45) is 5.27. The normalized spacial score (nSPS) is 24.4. The van der Waals surface area contributed by atoms with E-state index in [9.17, 15) is 5.11 Å². The maximum atomic E-state index is 10.2. The summed E-state index contributed by atoms with van der Waals surface area (Å²) in [5.41, 5.74) is 1.15. The maximum absolute atomic E-state index is 10.2. The molecule has 100 valence electrons. The molecule has 2 atom stereocenters. The third-order valence-electron chi connectivity index (χ3n) is 3.82. The monoisotopic (exact) mass is 250 g/mol. The van der Waals surface area contributed by atoms with Gasteiger partial charge in [-0.3, -0.25) is 0 Å². The molecule has 0 aromatic heterocycles. The summed E-state index contributed by atoms with van der Waals surface area (Å²) < 4.78 is 10.6. The van der Waals surface area contributed by atoms with Crippen LogP contribution < -0.4 is 9.47 Å². The average Bonchev–Trinajstić information content (AvgIpc) is 2.62. The van der Waals surface area contributed by atoms with E-state index in [4.69, 9.17) is 9.47 Å². The van der Waals surface area contributed by atoms with Crippen LogP contribution >= 0.6 is 0 Å². The zero-order valence-electron chi connectivity index (χ0n) is 11.2. The highest BCUT2D eigenvalue weighted by atomic mass is 16.5. The molecule has 18 heavy (non-hydrogen) atoms. The van der Waals surface area contributed by atoms with Gasteiger partial charge in [0.1, 0.15) is 0 Å². The number of methoxy groups -OCH3 is 2. The summed E-state index contributed by atoms with van der Waals surface area (Å²) in [6.45, 7) is 0. The Kier molecular flexibility index (Phi) is 4.48. The molecule has 2 rings (SSSR count). The van der Waals surface area contributed by atoms with E-state index >= 15 is 0 Å². The average molecular weight is 250 g/mol. The molecular formula is C15H22O3. The first kappa shape index (κ1) is 13.2. The minimum absolute atomic E-state index is 0.229. The Bertz CT molecular complexity index is 389. The van der Waals surface area contributed by atoms with Crippen LogP contribution in [0.25, 0.3) is 0 Å². The zero-order valence-corrected chi connectivity index (χ0v) is 11.2. The lowest BCUT2D eigenvalue weighted by Crippen LogP contribution is -2.16. The first-order valence-electron chi connectivity index (χ1n) is 6.66. The third-order valence-corrected chi connectivity index (χ3v) is 3.82. The van der Waals surface area contributed by atoms with Crippen LogP contribution in [0.1, 0.15) is 43.6 Å². The molecule has 2 unspecified atom stereocenters. The van der Waals surface area contributed by atoms with Gasteiger partial charge in [-0.2, -0.15) is 0 Å². The molecule has 0 spiro atoms. The van der Waals surface area contributed by atoms with Crippen molar-refractivity contribution in [3.8, 4) is 11.5 Å². The molecule has 1 aliphatic rings. The second-order valence-corrected chi connectivity index (χ2v) is 4.93. The summed E-state index contributed by atoms with van der Waals surface area (Å²) in [7, 11) is 3.28. The topological polar surface area (TPSA) is 38.7 Å². The summed E-state index contributed by atoms with van der Waals surface area (Å²) in [5, 5.41) is 10.2. The van der Waals surface area contributed by atoms with E-state index in [0.29, 0.717) is 0 Å². The van der Waals surface area contributed by atoms with Crippen molar-refractivity contribution in [2.24, 2.45) is 0 Å². The van der Waals surface area contributed by atoms with Crippen molar-refractivity contribution in [2.75, 3.05) is 14.2 Å². The second-order valence-electron chi connectivity index (χ2n) is 4.93. The predicted molar refractivity (Wildman–Crippen MR) is 71.4 cm³/mol. The lowest BCUT2D eigenvalue weighted by Gasteiger charge is -2.21. The van der Waals surface area contributed by atoms with E-state index in [1.165, 1.54) is 12.8 Å². The highest BCUT2D eigenvalue weighted by molar-refractivity contribution is 5.44. The molecule has 0 bridgehead atoms. The van der Waals surface area contributed by atoms with E-state index in [2.05, 4.69) is 0 Å². The molecule has 1 N–H and O–H groups in total. The van der Waals surface area contributed by atoms with Crippen LogP contribution in [0.3, 0.4) is 0 Å². The Hall–Kier alpha value is -1.22. The van der Waals surface area contributed by atoms with Gasteiger partial charge in [0.25, 0.3) is 0 Å². The van der Waals surface area contributed by atoms with Gasteiger partial charge in [0.15, 0.2) is 11.5 Å². The number of aliphatic hydroxyl groups excluding tert-OH is 1. The highest BCUT2D eigenvalue weighted by Gasteiger charge is 2.24. The molecule has 1 saturated carbocycles. The SMILES string of the molecule is COc1ccc(C2CCCCCC2O)cc1OC. The smallest absolute Gasteiger partial charge is 0.160 e. The first-order valence-corrected chi connectivity index (χ1v) is 6.66. The molecule has 1 aliphatic carbocycles. The summed E-state index contributed by atoms with van der Waals surface area (Å²) in [6, 6.07) is 5.96. The number of rotatable bonds is 3. The van der Waals surface area contributed by atoms with Gasteiger partial charge in [-0.15, -0.1) is 0 Å². The molecule has 1 aromatic carbocycles. The summed E-state index contributed by atoms with van der Waals surface area (Å²) in [4.78, 5) is 0. The van der Waals surface area contributed by atoms with Crippen molar-refractivity contribution in [3.05, 3.63) is 23.8 Å². The predicted octanol–water partition coefficient (Wildman–Crippen LogP) is 3.11. The van der Waals surface area contributed by atoms with Crippen LogP contribution in [0.15, 0.2) is 18.2 Å². The van der Waals surface area contributed by atoms with Gasteiger partial charge in [0, 0.05) is 5.92 Å². The number of hydrogen-bond acceptors (Lipinski definition) is 3. The van der Waals surface area contributed by atoms with E-state index < -0.39 is 0 Å². The number of ether oxygens (including phenoxy) is 2. The Labute approximate surface area is 109 Å². The van der Waals surface area contributed by atoms with E-state index in [-0.39, 0.29) is 12.0 Å². The maximum Gasteiger partial charge on any atom is 0.160 e.